The van der Waals surface area contributed by atoms with E-state index >= 15 is 0 Å². The van der Waals surface area contributed by atoms with Crippen molar-refractivity contribution in [3.63, 3.8) is 0 Å². The third-order valence-corrected chi connectivity index (χ3v) is 20.8. The number of carboxylic acids is 1. The Hall–Kier alpha value is -0.0962. The van der Waals surface area contributed by atoms with Crippen LogP contribution in [0.2, 0.25) is 41.4 Å². The molecule has 0 unspecified atom stereocenters. The van der Waals surface area contributed by atoms with Crippen molar-refractivity contribution in [3.05, 3.63) is 0 Å². The monoisotopic (exact) mass is 288 g/mol. The maximum atomic E-state index is 12.0. The fourth-order valence-electron chi connectivity index (χ4n) is 3.90. The van der Waals surface area contributed by atoms with Crippen molar-refractivity contribution in [2.75, 3.05) is 0 Å². The molecule has 0 saturated carbocycles. The Morgan fingerprint density at radius 3 is 1.11 bits per heavy atom. The van der Waals surface area contributed by atoms with E-state index in [4.69, 9.17) is 0 Å². The Kier molecular flexibility index (Phi) is 7.44. The Morgan fingerprint density at radius 2 is 1.00 bits per heavy atom. The second kappa shape index (κ2) is 7.48. The van der Waals surface area contributed by atoms with Crippen LogP contribution >= 0.6 is 0 Å². The summed E-state index contributed by atoms with van der Waals surface area (Å²) in [6.45, 7) is 13.4. The second-order valence-corrected chi connectivity index (χ2v) is 17.0. The van der Waals surface area contributed by atoms with Crippen molar-refractivity contribution in [1.82, 2.24) is 0 Å². The van der Waals surface area contributed by atoms with Crippen LogP contribution in [0.15, 0.2) is 0 Å². The lowest BCUT2D eigenvalue weighted by atomic mass is 10.8. The molecular formula is C14H32O2Si2. The first-order valence-electron chi connectivity index (χ1n) is 7.66. The predicted molar refractivity (Wildman–Crippen MR) is 85.8 cm³/mol. The minimum Gasteiger partial charge on any atom is -0.481 e. The highest BCUT2D eigenvalue weighted by atomic mass is 28.4. The van der Waals surface area contributed by atoms with Gasteiger partial charge in [-0.2, -0.15) is 0 Å². The van der Waals surface area contributed by atoms with Gasteiger partial charge in [-0.3, -0.25) is 4.79 Å². The van der Waals surface area contributed by atoms with Gasteiger partial charge in [-0.15, -0.1) is 0 Å². The summed E-state index contributed by atoms with van der Waals surface area (Å²) in [5.41, 5.74) is 0. The molecule has 0 aromatic heterocycles. The normalized spacial score (nSPS) is 13.1. The summed E-state index contributed by atoms with van der Waals surface area (Å²) in [4.78, 5) is 12.0. The van der Waals surface area contributed by atoms with Crippen molar-refractivity contribution in [3.8, 4) is 0 Å². The number of rotatable bonds is 9. The van der Waals surface area contributed by atoms with Crippen LogP contribution in [-0.4, -0.2) is 27.2 Å². The molecule has 0 bridgehead atoms. The summed E-state index contributed by atoms with van der Waals surface area (Å²) in [5.74, 6) is -0.468. The maximum Gasteiger partial charge on any atom is 0.301 e. The minimum absolute atomic E-state index is 0.0602. The smallest absolute Gasteiger partial charge is 0.301 e. The van der Waals surface area contributed by atoms with Crippen molar-refractivity contribution in [2.24, 2.45) is 0 Å². The Balaban J connectivity index is 5.73. The van der Waals surface area contributed by atoms with E-state index in [1.165, 1.54) is 0 Å². The lowest BCUT2D eigenvalue weighted by Gasteiger charge is -2.45. The zero-order valence-corrected chi connectivity index (χ0v) is 15.2. The molecule has 18 heavy (non-hydrogen) atoms. The molecule has 0 saturated heterocycles. The molecule has 0 heterocycles. The molecule has 2 nitrogen and oxygen atoms in total. The van der Waals surface area contributed by atoms with E-state index in [1.54, 1.807) is 0 Å². The lowest BCUT2D eigenvalue weighted by Crippen LogP contribution is -2.56. The standard InChI is InChI=1S/C14H32O2Si2/c1-7-17(8-2,9-3)14(13(15)16)18(10-4,11-5)12-6/h14H,7-12H2,1-6H3,(H,15,16). The summed E-state index contributed by atoms with van der Waals surface area (Å²) in [6.07, 6.45) is 0. The van der Waals surface area contributed by atoms with Gasteiger partial charge in [-0.1, -0.05) is 77.8 Å². The van der Waals surface area contributed by atoms with Crippen molar-refractivity contribution < 1.29 is 9.90 Å². The summed E-state index contributed by atoms with van der Waals surface area (Å²) in [7, 11) is -3.29. The van der Waals surface area contributed by atoms with E-state index in [1.807, 2.05) is 0 Å². The molecule has 0 radical (unpaired) electrons. The van der Waals surface area contributed by atoms with Crippen LogP contribution in [-0.2, 0) is 4.79 Å². The molecule has 0 aliphatic carbocycles. The van der Waals surface area contributed by atoms with E-state index in [0.717, 1.165) is 36.3 Å². The van der Waals surface area contributed by atoms with Crippen LogP contribution in [0.3, 0.4) is 0 Å². The lowest BCUT2D eigenvalue weighted by molar-refractivity contribution is -0.135. The van der Waals surface area contributed by atoms with Gasteiger partial charge in [0, 0.05) is 5.16 Å². The first kappa shape index (κ1) is 17.9. The summed E-state index contributed by atoms with van der Waals surface area (Å²) in [6, 6.07) is 6.78. The fraction of sp³-hybridized carbons (Fsp3) is 0.929. The zero-order valence-electron chi connectivity index (χ0n) is 13.2. The molecule has 0 rings (SSSR count). The third-order valence-electron chi connectivity index (χ3n) is 5.70. The fourth-order valence-corrected chi connectivity index (χ4v) is 19.3. The average Bonchev–Trinajstić information content (AvgIpc) is 2.40. The second-order valence-electron chi connectivity index (χ2n) is 5.62. The Bertz CT molecular complexity index is 222. The molecule has 0 atom stereocenters. The molecule has 0 spiro atoms. The van der Waals surface area contributed by atoms with Gasteiger partial charge in [0.2, 0.25) is 0 Å². The van der Waals surface area contributed by atoms with Crippen LogP contribution < -0.4 is 0 Å². The van der Waals surface area contributed by atoms with Gasteiger partial charge in [0.05, 0.1) is 16.1 Å². The van der Waals surface area contributed by atoms with E-state index in [2.05, 4.69) is 41.5 Å². The largest absolute Gasteiger partial charge is 0.481 e. The van der Waals surface area contributed by atoms with Gasteiger partial charge in [0.1, 0.15) is 0 Å². The molecule has 0 aromatic carbocycles. The van der Waals surface area contributed by atoms with Crippen LogP contribution in [0.5, 0.6) is 0 Å². The molecule has 0 aliphatic rings. The van der Waals surface area contributed by atoms with Crippen LogP contribution in [0, 0.1) is 0 Å². The molecule has 108 valence electrons. The van der Waals surface area contributed by atoms with Gasteiger partial charge in [-0.05, 0) is 0 Å². The molecule has 4 heteroatoms. The molecular weight excluding hydrogens is 256 g/mol. The zero-order chi connectivity index (χ0) is 14.4. The number of carboxylic acid groups (broad SMARTS) is 1. The maximum absolute atomic E-state index is 12.0. The van der Waals surface area contributed by atoms with Gasteiger partial charge in [0.15, 0.2) is 0 Å². The van der Waals surface area contributed by atoms with Gasteiger partial charge in [0.25, 0.3) is 0 Å². The number of carbonyl (C=O) groups is 1. The first-order chi connectivity index (χ1) is 8.43. The third kappa shape index (κ3) is 3.07. The average molecular weight is 289 g/mol. The number of hydrogen-bond donors (Lipinski definition) is 1. The first-order valence-corrected chi connectivity index (χ1v) is 13.1. The van der Waals surface area contributed by atoms with E-state index in [0.29, 0.717) is 0 Å². The summed E-state index contributed by atoms with van der Waals surface area (Å²) in [5, 5.41) is 9.96. The summed E-state index contributed by atoms with van der Waals surface area (Å²) >= 11 is 0. The minimum atomic E-state index is -1.65. The van der Waals surface area contributed by atoms with E-state index in [9.17, 15) is 9.90 Å². The van der Waals surface area contributed by atoms with Gasteiger partial charge >= 0.3 is 5.97 Å². The highest BCUT2D eigenvalue weighted by molar-refractivity contribution is 7.02. The molecule has 0 amide bonds. The molecule has 0 aliphatic heterocycles. The molecule has 0 aromatic rings. The van der Waals surface area contributed by atoms with Crippen molar-refractivity contribution >= 4 is 22.1 Å². The Morgan fingerprint density at radius 1 is 0.778 bits per heavy atom. The van der Waals surface area contributed by atoms with E-state index in [-0.39, 0.29) is 5.16 Å². The van der Waals surface area contributed by atoms with Crippen LogP contribution in [0.25, 0.3) is 0 Å². The summed E-state index contributed by atoms with van der Waals surface area (Å²) < 4.78 is 0. The molecule has 1 N–H and O–H groups in total. The highest BCUT2D eigenvalue weighted by Crippen LogP contribution is 2.45. The molecule has 0 fully saturated rings. The van der Waals surface area contributed by atoms with E-state index < -0.39 is 22.1 Å². The number of hydrogen-bond acceptors (Lipinski definition) is 1. The number of aliphatic carboxylic acids is 1. The predicted octanol–water partition coefficient (Wildman–Crippen LogP) is 5.00. The Labute approximate surface area is 115 Å². The van der Waals surface area contributed by atoms with Gasteiger partial charge < -0.3 is 5.11 Å². The highest BCUT2D eigenvalue weighted by Gasteiger charge is 2.52. The van der Waals surface area contributed by atoms with Crippen molar-refractivity contribution in [1.29, 1.82) is 0 Å². The topological polar surface area (TPSA) is 37.3 Å². The van der Waals surface area contributed by atoms with Crippen molar-refractivity contribution in [2.45, 2.75) is 83.0 Å². The SMILES string of the molecule is CC[Si](CC)(CC)C(C(=O)O)[Si](CC)(CC)CC. The van der Waals surface area contributed by atoms with Gasteiger partial charge in [-0.25, -0.2) is 0 Å². The van der Waals surface area contributed by atoms with Crippen LogP contribution in [0.1, 0.15) is 41.5 Å². The van der Waals surface area contributed by atoms with Crippen LogP contribution in [0.4, 0.5) is 0 Å². The quantitative estimate of drug-likeness (QED) is 0.606.